The summed E-state index contributed by atoms with van der Waals surface area (Å²) < 4.78 is 73.8. The number of aliphatic carboxylic acids is 1. The van der Waals surface area contributed by atoms with Crippen molar-refractivity contribution in [2.24, 2.45) is 11.3 Å². The molecule has 1 N–H and O–H groups in total. The molecule has 0 bridgehead atoms. The van der Waals surface area contributed by atoms with Crippen molar-refractivity contribution < 1.29 is 36.4 Å². The Morgan fingerprint density at radius 2 is 1.88 bits per heavy atom. The zero-order valence-corrected chi connectivity index (χ0v) is 18.6. The van der Waals surface area contributed by atoms with Gasteiger partial charge in [0.25, 0.3) is 0 Å². The number of hydrogen-bond donors (Lipinski definition) is 1. The molecule has 0 aromatic heterocycles. The Morgan fingerprint density at radius 1 is 1.21 bits per heavy atom. The molecule has 0 spiro atoms. The van der Waals surface area contributed by atoms with Crippen molar-refractivity contribution in [3.05, 3.63) is 47.8 Å². The van der Waals surface area contributed by atoms with Crippen LogP contribution >= 0.6 is 0 Å². The summed E-state index contributed by atoms with van der Waals surface area (Å²) in [5.74, 6) is -2.06. The van der Waals surface area contributed by atoms with Gasteiger partial charge in [0.2, 0.25) is 0 Å². The molecule has 4 rings (SSSR count). The Morgan fingerprint density at radius 3 is 2.45 bits per heavy atom. The van der Waals surface area contributed by atoms with Crippen LogP contribution in [0.5, 0.6) is 5.75 Å². The first-order valence-electron chi connectivity index (χ1n) is 10.5. The molecule has 1 aliphatic heterocycles. The SMILES string of the molecule is CC(COc1cc2c(cc1C(F)(F)F)N(c1ccc(F)cc1)CCCS2=O)(C(=O)O)C1CC1. The van der Waals surface area contributed by atoms with Crippen molar-refractivity contribution in [3.8, 4) is 5.75 Å². The third-order valence-electron chi connectivity index (χ3n) is 6.25. The fraction of sp³-hybridized carbons (Fsp3) is 0.435. The summed E-state index contributed by atoms with van der Waals surface area (Å²) in [6.45, 7) is 1.35. The molecule has 1 fully saturated rings. The Kier molecular flexibility index (Phi) is 6.15. The highest BCUT2D eigenvalue weighted by molar-refractivity contribution is 7.85. The van der Waals surface area contributed by atoms with E-state index < -0.39 is 52.1 Å². The topological polar surface area (TPSA) is 66.8 Å². The first-order chi connectivity index (χ1) is 15.5. The quantitative estimate of drug-likeness (QED) is 0.557. The van der Waals surface area contributed by atoms with Crippen LogP contribution in [-0.2, 0) is 21.8 Å². The van der Waals surface area contributed by atoms with Gasteiger partial charge in [0.1, 0.15) is 23.6 Å². The highest BCUT2D eigenvalue weighted by Gasteiger charge is 2.48. The Balaban J connectivity index is 1.78. The second-order valence-electron chi connectivity index (χ2n) is 8.63. The molecule has 1 aliphatic carbocycles. The number of alkyl halides is 3. The van der Waals surface area contributed by atoms with Gasteiger partial charge in [-0.3, -0.25) is 9.00 Å². The molecule has 2 unspecified atom stereocenters. The average Bonchev–Trinajstić information content (AvgIpc) is 3.61. The second-order valence-corrected chi connectivity index (χ2v) is 10.2. The van der Waals surface area contributed by atoms with E-state index >= 15 is 0 Å². The highest BCUT2D eigenvalue weighted by atomic mass is 32.2. The molecule has 2 aliphatic rings. The van der Waals surface area contributed by atoms with Gasteiger partial charge >= 0.3 is 12.1 Å². The summed E-state index contributed by atoms with van der Waals surface area (Å²) in [6, 6.07) is 7.35. The molecular formula is C23H23F4NO4S. The Bertz CT molecular complexity index is 1090. The van der Waals surface area contributed by atoms with Gasteiger partial charge < -0.3 is 14.7 Å². The lowest BCUT2D eigenvalue weighted by Crippen LogP contribution is -2.36. The lowest BCUT2D eigenvalue weighted by molar-refractivity contribution is -0.151. The van der Waals surface area contributed by atoms with E-state index in [2.05, 4.69) is 0 Å². The predicted octanol–water partition coefficient (Wildman–Crippen LogP) is 5.37. The van der Waals surface area contributed by atoms with E-state index in [0.29, 0.717) is 31.5 Å². The van der Waals surface area contributed by atoms with Crippen LogP contribution in [0.3, 0.4) is 0 Å². The van der Waals surface area contributed by atoms with Crippen LogP contribution in [0.4, 0.5) is 28.9 Å². The Hall–Kier alpha value is -2.62. The number of rotatable bonds is 6. The summed E-state index contributed by atoms with van der Waals surface area (Å²) in [6.07, 6.45) is -2.97. The zero-order valence-electron chi connectivity index (χ0n) is 17.8. The standard InChI is InChI=1S/C23H23F4NO4S/c1-22(21(29)30,14-3-4-14)13-32-19-12-20-18(11-17(19)23(25,26)27)28(9-2-10-33(20)31)16-7-5-15(24)6-8-16/h5-8,11-12,14H,2-4,9-10,13H2,1H3,(H,29,30). The maximum Gasteiger partial charge on any atom is 0.420 e. The number of ether oxygens (including phenoxy) is 1. The van der Waals surface area contributed by atoms with Gasteiger partial charge in [-0.15, -0.1) is 0 Å². The number of halogens is 4. The first-order valence-corrected chi connectivity index (χ1v) is 11.9. The summed E-state index contributed by atoms with van der Waals surface area (Å²) in [7, 11) is -1.59. The minimum Gasteiger partial charge on any atom is -0.492 e. The number of fused-ring (bicyclic) bond motifs is 1. The highest BCUT2D eigenvalue weighted by Crippen LogP contribution is 2.48. The molecular weight excluding hydrogens is 462 g/mol. The third kappa shape index (κ3) is 4.71. The van der Waals surface area contributed by atoms with Gasteiger partial charge in [0.15, 0.2) is 0 Å². The van der Waals surface area contributed by atoms with E-state index in [-0.39, 0.29) is 22.3 Å². The minimum atomic E-state index is -4.79. The number of carboxylic acid groups (broad SMARTS) is 1. The van der Waals surface area contributed by atoms with Crippen molar-refractivity contribution in [1.82, 2.24) is 0 Å². The predicted molar refractivity (Wildman–Crippen MR) is 115 cm³/mol. The third-order valence-corrected chi connectivity index (χ3v) is 7.72. The van der Waals surface area contributed by atoms with Gasteiger partial charge in [0, 0.05) is 18.0 Å². The average molecular weight is 485 g/mol. The fourth-order valence-corrected chi connectivity index (χ4v) is 5.31. The molecule has 1 heterocycles. The fourth-order valence-electron chi connectivity index (χ4n) is 4.06. The summed E-state index contributed by atoms with van der Waals surface area (Å²) in [5, 5.41) is 9.62. The van der Waals surface area contributed by atoms with Crippen LogP contribution in [0.25, 0.3) is 0 Å². The molecule has 1 saturated carbocycles. The van der Waals surface area contributed by atoms with Gasteiger partial charge in [-0.25, -0.2) is 4.39 Å². The second kappa shape index (κ2) is 8.62. The van der Waals surface area contributed by atoms with Gasteiger partial charge in [-0.05, 0) is 68.5 Å². The van der Waals surface area contributed by atoms with Gasteiger partial charge in [0.05, 0.1) is 26.9 Å². The molecule has 2 aromatic rings. The lowest BCUT2D eigenvalue weighted by Gasteiger charge is -2.28. The maximum absolute atomic E-state index is 14.0. The normalized spacial score (nSPS) is 20.5. The van der Waals surface area contributed by atoms with E-state index in [4.69, 9.17) is 4.74 Å². The van der Waals surface area contributed by atoms with Crippen molar-refractivity contribution >= 4 is 28.1 Å². The van der Waals surface area contributed by atoms with Crippen LogP contribution in [0.2, 0.25) is 0 Å². The van der Waals surface area contributed by atoms with Crippen LogP contribution < -0.4 is 9.64 Å². The molecule has 178 valence electrons. The Labute approximate surface area is 190 Å². The number of anilines is 2. The maximum atomic E-state index is 14.0. The monoisotopic (exact) mass is 485 g/mol. The molecule has 10 heteroatoms. The number of nitrogens with zero attached hydrogens (tertiary/aromatic N) is 1. The number of benzene rings is 2. The van der Waals surface area contributed by atoms with Crippen LogP contribution in [0.15, 0.2) is 41.3 Å². The van der Waals surface area contributed by atoms with E-state index in [9.17, 15) is 31.7 Å². The minimum absolute atomic E-state index is 0.111. The summed E-state index contributed by atoms with van der Waals surface area (Å²) in [4.78, 5) is 13.5. The molecule has 0 radical (unpaired) electrons. The zero-order chi connectivity index (χ0) is 24.0. The van der Waals surface area contributed by atoms with E-state index in [1.54, 1.807) is 4.90 Å². The van der Waals surface area contributed by atoms with E-state index in [0.717, 1.165) is 12.1 Å². The molecule has 33 heavy (non-hydrogen) atoms. The van der Waals surface area contributed by atoms with Crippen molar-refractivity contribution in [1.29, 1.82) is 0 Å². The van der Waals surface area contributed by atoms with Crippen molar-refractivity contribution in [2.45, 2.75) is 37.3 Å². The molecule has 5 nitrogen and oxygen atoms in total. The van der Waals surface area contributed by atoms with Crippen LogP contribution in [-0.4, -0.2) is 34.2 Å². The molecule has 2 atom stereocenters. The largest absolute Gasteiger partial charge is 0.492 e. The van der Waals surface area contributed by atoms with E-state index in [1.807, 2.05) is 0 Å². The number of carbonyl (C=O) groups is 1. The smallest absolute Gasteiger partial charge is 0.420 e. The van der Waals surface area contributed by atoms with Gasteiger partial charge in [-0.2, -0.15) is 13.2 Å². The lowest BCUT2D eigenvalue weighted by atomic mass is 9.86. The summed E-state index contributed by atoms with van der Waals surface area (Å²) >= 11 is 0. The van der Waals surface area contributed by atoms with Gasteiger partial charge in [-0.1, -0.05) is 0 Å². The summed E-state index contributed by atoms with van der Waals surface area (Å²) in [5.41, 5.74) is -1.80. The number of carboxylic acids is 1. The van der Waals surface area contributed by atoms with Crippen molar-refractivity contribution in [3.63, 3.8) is 0 Å². The van der Waals surface area contributed by atoms with Crippen LogP contribution in [0, 0.1) is 17.2 Å². The van der Waals surface area contributed by atoms with Crippen molar-refractivity contribution in [2.75, 3.05) is 23.8 Å². The molecule has 0 saturated heterocycles. The first kappa shape index (κ1) is 23.5. The molecule has 0 amide bonds. The number of hydrogen-bond acceptors (Lipinski definition) is 4. The van der Waals surface area contributed by atoms with Crippen LogP contribution in [0.1, 0.15) is 31.7 Å². The van der Waals surface area contributed by atoms with E-state index in [1.165, 1.54) is 31.2 Å². The molecule has 2 aromatic carbocycles.